The summed E-state index contributed by atoms with van der Waals surface area (Å²) in [6, 6.07) is 7.23. The first-order valence-corrected chi connectivity index (χ1v) is 10.0. The molecule has 0 atom stereocenters. The molecule has 0 spiro atoms. The van der Waals surface area contributed by atoms with Crippen molar-refractivity contribution in [3.8, 4) is 0 Å². The van der Waals surface area contributed by atoms with Gasteiger partial charge in [-0.15, -0.1) is 0 Å². The molecule has 1 aromatic rings. The second-order valence-corrected chi connectivity index (χ2v) is 7.85. The van der Waals surface area contributed by atoms with Crippen molar-refractivity contribution in [1.82, 2.24) is 4.31 Å². The van der Waals surface area contributed by atoms with Crippen LogP contribution in [0.4, 0.5) is 11.4 Å². The number of methoxy groups -OCH3 is 2. The zero-order chi connectivity index (χ0) is 20.0. The van der Waals surface area contributed by atoms with Gasteiger partial charge in [-0.2, -0.15) is 4.31 Å². The maximum absolute atomic E-state index is 12.0. The van der Waals surface area contributed by atoms with Crippen molar-refractivity contribution in [2.45, 2.75) is 0 Å². The van der Waals surface area contributed by atoms with Gasteiger partial charge in [0, 0.05) is 26.2 Å². The Hall–Kier alpha value is -2.59. The number of nitrogens with one attached hydrogen (secondary N) is 1. The molecule has 9 nitrogen and oxygen atoms in total. The number of nitrogens with zero attached hydrogens (tertiary/aromatic N) is 2. The Kier molecular flexibility index (Phi) is 6.81. The lowest BCUT2D eigenvalue weighted by molar-refractivity contribution is -0.138. The predicted molar refractivity (Wildman–Crippen MR) is 101 cm³/mol. The minimum absolute atomic E-state index is 0.0634. The summed E-state index contributed by atoms with van der Waals surface area (Å²) < 4.78 is 34.0. The van der Waals surface area contributed by atoms with Crippen LogP contribution in [0.1, 0.15) is 0 Å². The fourth-order valence-corrected chi connectivity index (χ4v) is 3.52. The van der Waals surface area contributed by atoms with Gasteiger partial charge in [-0.3, -0.25) is 0 Å². The summed E-state index contributed by atoms with van der Waals surface area (Å²) in [6.45, 7) is 1.74. The third kappa shape index (κ3) is 5.44. The van der Waals surface area contributed by atoms with Gasteiger partial charge in [0.1, 0.15) is 5.70 Å². The van der Waals surface area contributed by atoms with E-state index >= 15 is 0 Å². The third-order valence-electron chi connectivity index (χ3n) is 4.09. The van der Waals surface area contributed by atoms with Gasteiger partial charge >= 0.3 is 11.9 Å². The van der Waals surface area contributed by atoms with Crippen molar-refractivity contribution in [1.29, 1.82) is 0 Å². The number of benzene rings is 1. The van der Waals surface area contributed by atoms with Crippen molar-refractivity contribution >= 4 is 33.3 Å². The molecule has 1 fully saturated rings. The van der Waals surface area contributed by atoms with Crippen LogP contribution in [0.3, 0.4) is 0 Å². The topological polar surface area (TPSA) is 105 Å². The van der Waals surface area contributed by atoms with Crippen LogP contribution in [0, 0.1) is 0 Å². The number of anilines is 2. The number of sulfonamides is 1. The van der Waals surface area contributed by atoms with E-state index in [1.54, 1.807) is 12.1 Å². The molecule has 1 saturated heterocycles. The Morgan fingerprint density at radius 3 is 2.26 bits per heavy atom. The second kappa shape index (κ2) is 8.87. The van der Waals surface area contributed by atoms with Gasteiger partial charge in [0.2, 0.25) is 10.0 Å². The summed E-state index contributed by atoms with van der Waals surface area (Å²) in [5.74, 6) is -1.40. The van der Waals surface area contributed by atoms with Crippen LogP contribution in [0.2, 0.25) is 0 Å². The molecule has 1 N–H and O–H groups in total. The van der Waals surface area contributed by atoms with Crippen molar-refractivity contribution in [2.75, 3.05) is 56.9 Å². The quantitative estimate of drug-likeness (QED) is 0.544. The van der Waals surface area contributed by atoms with Gasteiger partial charge in [-0.05, 0) is 12.1 Å². The van der Waals surface area contributed by atoms with Gasteiger partial charge in [-0.25, -0.2) is 18.0 Å². The van der Waals surface area contributed by atoms with E-state index in [1.807, 2.05) is 17.0 Å². The molecule has 1 aliphatic rings. The lowest BCUT2D eigenvalue weighted by Gasteiger charge is -2.35. The summed E-state index contributed by atoms with van der Waals surface area (Å²) in [7, 11) is -0.797. The normalized spacial score (nSPS) is 16.0. The second-order valence-electron chi connectivity index (χ2n) is 5.86. The average Bonchev–Trinajstić information content (AvgIpc) is 2.66. The average molecular weight is 397 g/mol. The Bertz CT molecular complexity index is 829. The van der Waals surface area contributed by atoms with E-state index in [0.717, 1.165) is 11.8 Å². The number of carbonyl (C=O) groups excluding carboxylic acids is 2. The van der Waals surface area contributed by atoms with Crippen molar-refractivity contribution in [3.63, 3.8) is 0 Å². The maximum atomic E-state index is 12.0. The fraction of sp³-hybridized carbons (Fsp3) is 0.412. The predicted octanol–water partition coefficient (Wildman–Crippen LogP) is 0.410. The molecule has 0 amide bonds. The summed E-state index contributed by atoms with van der Waals surface area (Å²) in [5, 5.41) is 2.91. The van der Waals surface area contributed by atoms with E-state index in [0.29, 0.717) is 31.9 Å². The van der Waals surface area contributed by atoms with E-state index < -0.39 is 22.0 Å². The van der Waals surface area contributed by atoms with Crippen molar-refractivity contribution < 1.29 is 27.5 Å². The first-order chi connectivity index (χ1) is 12.8. The number of ether oxygens (including phenoxy) is 2. The highest BCUT2D eigenvalue weighted by Crippen LogP contribution is 2.28. The number of rotatable bonds is 6. The number of para-hydroxylation sites is 2. The molecule has 1 aromatic carbocycles. The molecule has 27 heavy (non-hydrogen) atoms. The smallest absolute Gasteiger partial charge is 0.354 e. The highest BCUT2D eigenvalue weighted by atomic mass is 32.2. The fourth-order valence-electron chi connectivity index (χ4n) is 2.69. The molecule has 10 heteroatoms. The summed E-state index contributed by atoms with van der Waals surface area (Å²) in [6.07, 6.45) is 2.21. The minimum Gasteiger partial charge on any atom is -0.466 e. The highest BCUT2D eigenvalue weighted by Gasteiger charge is 2.25. The van der Waals surface area contributed by atoms with Crippen LogP contribution in [-0.4, -0.2) is 71.3 Å². The van der Waals surface area contributed by atoms with Gasteiger partial charge < -0.3 is 19.7 Å². The van der Waals surface area contributed by atoms with E-state index in [-0.39, 0.29) is 5.70 Å². The maximum Gasteiger partial charge on any atom is 0.354 e. The third-order valence-corrected chi connectivity index (χ3v) is 5.39. The summed E-state index contributed by atoms with van der Waals surface area (Å²) in [4.78, 5) is 25.5. The van der Waals surface area contributed by atoms with Crippen LogP contribution in [0.5, 0.6) is 0 Å². The van der Waals surface area contributed by atoms with Crippen LogP contribution < -0.4 is 10.2 Å². The molecule has 0 aromatic heterocycles. The number of hydrogen-bond acceptors (Lipinski definition) is 8. The van der Waals surface area contributed by atoms with Crippen LogP contribution >= 0.6 is 0 Å². The van der Waals surface area contributed by atoms with Crippen molar-refractivity contribution in [3.05, 3.63) is 36.0 Å². The van der Waals surface area contributed by atoms with Gasteiger partial charge in [0.05, 0.1) is 37.9 Å². The van der Waals surface area contributed by atoms with Crippen LogP contribution in [0.15, 0.2) is 36.0 Å². The Labute approximate surface area is 158 Å². The minimum atomic E-state index is -3.22. The number of piperazine rings is 1. The zero-order valence-corrected chi connectivity index (χ0v) is 16.3. The molecule has 0 unspecified atom stereocenters. The Morgan fingerprint density at radius 2 is 1.70 bits per heavy atom. The number of carbonyl (C=O) groups is 2. The van der Waals surface area contributed by atoms with E-state index in [2.05, 4.69) is 10.1 Å². The summed E-state index contributed by atoms with van der Waals surface area (Å²) in [5.41, 5.74) is 1.31. The standard InChI is InChI=1S/C17H23N3O6S/c1-25-16(21)12-14(17(22)26-2)18-13-6-4-5-7-15(13)19-8-10-20(11-9-19)27(3,23)24/h4-7,12,18H,8-11H2,1-3H3/b14-12+. The van der Waals surface area contributed by atoms with E-state index in [1.165, 1.54) is 24.8 Å². The first-order valence-electron chi connectivity index (χ1n) is 8.20. The molecule has 0 radical (unpaired) electrons. The SMILES string of the molecule is COC(=O)/C=C(/Nc1ccccc1N1CCN(S(C)(=O)=O)CC1)C(=O)OC. The number of hydrogen-bond donors (Lipinski definition) is 1. The van der Waals surface area contributed by atoms with E-state index in [9.17, 15) is 18.0 Å². The van der Waals surface area contributed by atoms with Crippen LogP contribution in [-0.2, 0) is 29.1 Å². The molecule has 1 aliphatic heterocycles. The highest BCUT2D eigenvalue weighted by molar-refractivity contribution is 7.88. The molecular formula is C17H23N3O6S. The van der Waals surface area contributed by atoms with Gasteiger partial charge in [0.15, 0.2) is 0 Å². The molecular weight excluding hydrogens is 374 g/mol. The molecule has 0 aliphatic carbocycles. The first kappa shape index (κ1) is 20.7. The molecule has 148 valence electrons. The molecule has 0 saturated carbocycles. The van der Waals surface area contributed by atoms with Crippen LogP contribution in [0.25, 0.3) is 0 Å². The Balaban J connectivity index is 2.24. The summed E-state index contributed by atoms with van der Waals surface area (Å²) >= 11 is 0. The Morgan fingerprint density at radius 1 is 1.07 bits per heavy atom. The van der Waals surface area contributed by atoms with Crippen molar-refractivity contribution in [2.24, 2.45) is 0 Å². The van der Waals surface area contributed by atoms with E-state index in [4.69, 9.17) is 4.74 Å². The largest absolute Gasteiger partial charge is 0.466 e. The lowest BCUT2D eigenvalue weighted by atomic mass is 10.2. The number of esters is 2. The van der Waals surface area contributed by atoms with Gasteiger partial charge in [0.25, 0.3) is 0 Å². The molecule has 2 rings (SSSR count). The molecule has 1 heterocycles. The monoisotopic (exact) mass is 397 g/mol. The van der Waals surface area contributed by atoms with Gasteiger partial charge in [-0.1, -0.05) is 12.1 Å². The lowest BCUT2D eigenvalue weighted by Crippen LogP contribution is -2.48. The molecule has 0 bridgehead atoms. The zero-order valence-electron chi connectivity index (χ0n) is 15.5.